The van der Waals surface area contributed by atoms with Crippen LogP contribution in [0.2, 0.25) is 10.0 Å². The van der Waals surface area contributed by atoms with Gasteiger partial charge in [-0.05, 0) is 25.0 Å². The molecule has 1 N–H and O–H groups in total. The molecule has 5 heteroatoms. The summed E-state index contributed by atoms with van der Waals surface area (Å²) >= 11 is 12.2. The Morgan fingerprint density at radius 2 is 2.00 bits per heavy atom. The van der Waals surface area contributed by atoms with Gasteiger partial charge in [0, 0.05) is 18.0 Å². The Hall–Kier alpha value is -1.06. The molecular weight excluding hydrogens is 269 g/mol. The van der Waals surface area contributed by atoms with Crippen molar-refractivity contribution in [2.24, 2.45) is 0 Å². The van der Waals surface area contributed by atoms with Crippen LogP contribution in [-0.4, -0.2) is 9.55 Å². The van der Waals surface area contributed by atoms with Crippen molar-refractivity contribution in [3.8, 4) is 0 Å². The first-order valence-corrected chi connectivity index (χ1v) is 6.85. The number of hydrogen-bond acceptors (Lipinski definition) is 2. The minimum absolute atomic E-state index is 0.457. The molecule has 1 aliphatic rings. The van der Waals surface area contributed by atoms with E-state index in [0.717, 1.165) is 37.1 Å². The highest BCUT2D eigenvalue weighted by Gasteiger charge is 2.14. The maximum atomic E-state index is 8.32. The molecule has 0 unspecified atom stereocenters. The molecule has 0 fully saturated rings. The van der Waals surface area contributed by atoms with Crippen LogP contribution in [0.15, 0.2) is 12.1 Å². The SMILES string of the molecule is N=c1c2c(Cl)cc(Cl)cc2nc2n1CCCCC2. The van der Waals surface area contributed by atoms with Crippen molar-refractivity contribution >= 4 is 34.1 Å². The fourth-order valence-corrected chi connectivity index (χ4v) is 3.08. The van der Waals surface area contributed by atoms with Crippen molar-refractivity contribution in [1.29, 1.82) is 5.41 Å². The van der Waals surface area contributed by atoms with Crippen LogP contribution in [0, 0.1) is 5.41 Å². The first kappa shape index (κ1) is 12.0. The predicted molar refractivity (Wildman–Crippen MR) is 73.2 cm³/mol. The largest absolute Gasteiger partial charge is 0.314 e. The van der Waals surface area contributed by atoms with E-state index in [1.54, 1.807) is 12.1 Å². The van der Waals surface area contributed by atoms with Gasteiger partial charge in [-0.25, -0.2) is 4.98 Å². The highest BCUT2D eigenvalue weighted by Crippen LogP contribution is 2.25. The molecule has 0 saturated carbocycles. The molecule has 1 aromatic carbocycles. The molecule has 1 aromatic heterocycles. The number of hydrogen-bond donors (Lipinski definition) is 1. The number of benzene rings is 1. The van der Waals surface area contributed by atoms with E-state index >= 15 is 0 Å². The molecule has 0 amide bonds. The first-order valence-electron chi connectivity index (χ1n) is 6.10. The van der Waals surface area contributed by atoms with Crippen LogP contribution in [0.3, 0.4) is 0 Å². The van der Waals surface area contributed by atoms with Gasteiger partial charge in [0.05, 0.1) is 15.9 Å². The van der Waals surface area contributed by atoms with Crippen molar-refractivity contribution < 1.29 is 0 Å². The lowest BCUT2D eigenvalue weighted by Crippen LogP contribution is -2.25. The fourth-order valence-electron chi connectivity index (χ4n) is 2.51. The van der Waals surface area contributed by atoms with Gasteiger partial charge in [0.15, 0.2) is 0 Å². The van der Waals surface area contributed by atoms with Crippen LogP contribution in [0.4, 0.5) is 0 Å². The third-order valence-electron chi connectivity index (χ3n) is 3.38. The molecule has 0 aliphatic carbocycles. The standard InChI is InChI=1S/C13H13Cl2N3/c14-8-6-9(15)12-10(7-8)17-11-4-2-1-3-5-18(11)13(12)16/h6-7,16H,1-5H2. The Kier molecular flexibility index (Phi) is 3.04. The van der Waals surface area contributed by atoms with Gasteiger partial charge in [-0.1, -0.05) is 29.6 Å². The van der Waals surface area contributed by atoms with Crippen molar-refractivity contribution in [2.45, 2.75) is 32.2 Å². The predicted octanol–water partition coefficient (Wildman–Crippen LogP) is 3.55. The molecule has 0 atom stereocenters. The molecule has 0 spiro atoms. The van der Waals surface area contributed by atoms with E-state index in [1.807, 2.05) is 4.57 Å². The lowest BCUT2D eigenvalue weighted by atomic mass is 10.2. The molecule has 0 bridgehead atoms. The zero-order chi connectivity index (χ0) is 12.7. The second-order valence-electron chi connectivity index (χ2n) is 4.62. The summed E-state index contributed by atoms with van der Waals surface area (Å²) in [6, 6.07) is 3.46. The fraction of sp³-hybridized carbons (Fsp3) is 0.385. The molecule has 0 saturated heterocycles. The normalized spacial score (nSPS) is 15.4. The third kappa shape index (κ3) is 1.91. The van der Waals surface area contributed by atoms with Crippen LogP contribution in [0.25, 0.3) is 10.9 Å². The molecular formula is C13H13Cl2N3. The van der Waals surface area contributed by atoms with Crippen molar-refractivity contribution in [2.75, 3.05) is 0 Å². The second kappa shape index (κ2) is 4.56. The molecule has 3 rings (SSSR count). The quantitative estimate of drug-likeness (QED) is 0.788. The number of aromatic nitrogens is 2. The Balaban J connectivity index is 2.38. The number of nitrogens with zero attached hydrogens (tertiary/aromatic N) is 2. The molecule has 94 valence electrons. The van der Waals surface area contributed by atoms with Gasteiger partial charge in [-0.2, -0.15) is 0 Å². The van der Waals surface area contributed by atoms with E-state index in [0.29, 0.717) is 20.9 Å². The first-order chi connectivity index (χ1) is 8.66. The topological polar surface area (TPSA) is 41.7 Å². The van der Waals surface area contributed by atoms with E-state index in [4.69, 9.17) is 28.6 Å². The van der Waals surface area contributed by atoms with Gasteiger partial charge >= 0.3 is 0 Å². The molecule has 1 aliphatic heterocycles. The smallest absolute Gasteiger partial charge is 0.137 e. The van der Waals surface area contributed by atoms with E-state index in [9.17, 15) is 0 Å². The maximum Gasteiger partial charge on any atom is 0.137 e. The number of halogens is 2. The van der Waals surface area contributed by atoms with Crippen LogP contribution < -0.4 is 5.49 Å². The summed E-state index contributed by atoms with van der Waals surface area (Å²) in [5.41, 5.74) is 1.18. The average molecular weight is 282 g/mol. The minimum atomic E-state index is 0.457. The lowest BCUT2D eigenvalue weighted by molar-refractivity contribution is 0.602. The van der Waals surface area contributed by atoms with Gasteiger partial charge in [-0.3, -0.25) is 5.41 Å². The van der Waals surface area contributed by atoms with Gasteiger partial charge in [0.25, 0.3) is 0 Å². The number of fused-ring (bicyclic) bond motifs is 2. The monoisotopic (exact) mass is 281 g/mol. The Morgan fingerprint density at radius 3 is 2.83 bits per heavy atom. The van der Waals surface area contributed by atoms with Gasteiger partial charge in [0.1, 0.15) is 11.3 Å². The van der Waals surface area contributed by atoms with Crippen molar-refractivity contribution in [1.82, 2.24) is 9.55 Å². The van der Waals surface area contributed by atoms with E-state index < -0.39 is 0 Å². The summed E-state index contributed by atoms with van der Waals surface area (Å²) in [5, 5.41) is 10.1. The summed E-state index contributed by atoms with van der Waals surface area (Å²) in [5.74, 6) is 0.975. The molecule has 18 heavy (non-hydrogen) atoms. The van der Waals surface area contributed by atoms with Crippen LogP contribution in [0.5, 0.6) is 0 Å². The second-order valence-corrected chi connectivity index (χ2v) is 5.46. The number of rotatable bonds is 0. The van der Waals surface area contributed by atoms with Crippen molar-refractivity contribution in [3.63, 3.8) is 0 Å². The number of nitrogens with one attached hydrogen (secondary N) is 1. The van der Waals surface area contributed by atoms with Crippen LogP contribution in [-0.2, 0) is 13.0 Å². The maximum absolute atomic E-state index is 8.32. The van der Waals surface area contributed by atoms with Gasteiger partial charge in [0.2, 0.25) is 0 Å². The zero-order valence-electron chi connectivity index (χ0n) is 9.84. The van der Waals surface area contributed by atoms with E-state index in [1.165, 1.54) is 6.42 Å². The summed E-state index contributed by atoms with van der Waals surface area (Å²) in [6.07, 6.45) is 4.34. The lowest BCUT2D eigenvalue weighted by Gasteiger charge is -2.12. The summed E-state index contributed by atoms with van der Waals surface area (Å²) in [7, 11) is 0. The van der Waals surface area contributed by atoms with E-state index in [-0.39, 0.29) is 0 Å². The Bertz CT molecular complexity index is 676. The van der Waals surface area contributed by atoms with Gasteiger partial charge in [-0.15, -0.1) is 0 Å². The summed E-state index contributed by atoms with van der Waals surface area (Å²) in [6.45, 7) is 0.857. The summed E-state index contributed by atoms with van der Waals surface area (Å²) < 4.78 is 1.98. The Labute approximate surface area is 115 Å². The highest BCUT2D eigenvalue weighted by molar-refractivity contribution is 6.38. The molecule has 2 aromatic rings. The van der Waals surface area contributed by atoms with Crippen molar-refractivity contribution in [3.05, 3.63) is 33.5 Å². The van der Waals surface area contributed by atoms with E-state index in [2.05, 4.69) is 4.98 Å². The number of aryl methyl sites for hydroxylation is 1. The molecule has 0 radical (unpaired) electrons. The zero-order valence-corrected chi connectivity index (χ0v) is 11.4. The van der Waals surface area contributed by atoms with Crippen LogP contribution >= 0.6 is 23.2 Å². The minimum Gasteiger partial charge on any atom is -0.314 e. The van der Waals surface area contributed by atoms with Crippen LogP contribution in [0.1, 0.15) is 25.1 Å². The highest BCUT2D eigenvalue weighted by atomic mass is 35.5. The molecule has 2 heterocycles. The summed E-state index contributed by atoms with van der Waals surface area (Å²) in [4.78, 5) is 4.63. The molecule has 3 nitrogen and oxygen atoms in total. The average Bonchev–Trinajstić information content (AvgIpc) is 2.53. The third-order valence-corrected chi connectivity index (χ3v) is 3.90. The van der Waals surface area contributed by atoms with Gasteiger partial charge < -0.3 is 4.57 Å². The Morgan fingerprint density at radius 1 is 1.17 bits per heavy atom.